The van der Waals surface area contributed by atoms with Gasteiger partial charge in [0.25, 0.3) is 11.8 Å². The minimum Gasteiger partial charge on any atom is -0.267 e. The van der Waals surface area contributed by atoms with Crippen molar-refractivity contribution in [1.82, 2.24) is 15.2 Å². The van der Waals surface area contributed by atoms with E-state index in [1.54, 1.807) is 13.8 Å². The zero-order valence-electron chi connectivity index (χ0n) is 15.1. The minimum absolute atomic E-state index is 0.0469. The van der Waals surface area contributed by atoms with Crippen LogP contribution in [0.5, 0.6) is 0 Å². The number of hydrazine groups is 1. The monoisotopic (exact) mass is 393 g/mol. The third kappa shape index (κ3) is 4.69. The van der Waals surface area contributed by atoms with Crippen molar-refractivity contribution in [2.45, 2.75) is 24.8 Å². The standard InChI is InChI=1S/C18H20FN3O4S/c1-12(2)22(3)27(25,26)14-10-8-13(9-11-14)17(23)20-21-18(24)15-6-4-5-7-16(15)19/h4-12H,1-3H3,(H,20,23)(H,21,24). The molecule has 0 fully saturated rings. The van der Waals surface area contributed by atoms with Gasteiger partial charge in [0.05, 0.1) is 10.5 Å². The lowest BCUT2D eigenvalue weighted by molar-refractivity contribution is 0.0844. The minimum atomic E-state index is -3.66. The molecule has 0 atom stereocenters. The van der Waals surface area contributed by atoms with E-state index in [1.807, 2.05) is 0 Å². The number of nitrogens with one attached hydrogen (secondary N) is 2. The van der Waals surface area contributed by atoms with Crippen molar-refractivity contribution in [3.8, 4) is 0 Å². The summed E-state index contributed by atoms with van der Waals surface area (Å²) in [4.78, 5) is 24.0. The van der Waals surface area contributed by atoms with E-state index in [2.05, 4.69) is 10.9 Å². The van der Waals surface area contributed by atoms with E-state index in [0.717, 1.165) is 6.07 Å². The number of sulfonamides is 1. The molecule has 0 unspecified atom stereocenters. The van der Waals surface area contributed by atoms with Crippen molar-refractivity contribution in [2.75, 3.05) is 7.05 Å². The van der Waals surface area contributed by atoms with Crippen LogP contribution in [0.2, 0.25) is 0 Å². The molecule has 9 heteroatoms. The van der Waals surface area contributed by atoms with Crippen molar-refractivity contribution in [3.63, 3.8) is 0 Å². The third-order valence-electron chi connectivity index (χ3n) is 3.93. The van der Waals surface area contributed by atoms with Gasteiger partial charge in [-0.1, -0.05) is 12.1 Å². The quantitative estimate of drug-likeness (QED) is 0.759. The Morgan fingerprint density at radius 1 is 0.963 bits per heavy atom. The van der Waals surface area contributed by atoms with Gasteiger partial charge in [-0.2, -0.15) is 4.31 Å². The summed E-state index contributed by atoms with van der Waals surface area (Å²) in [5.41, 5.74) is 4.19. The number of amides is 2. The van der Waals surface area contributed by atoms with E-state index < -0.39 is 27.7 Å². The SMILES string of the molecule is CC(C)N(C)S(=O)(=O)c1ccc(C(=O)NNC(=O)c2ccccc2F)cc1. The highest BCUT2D eigenvalue weighted by molar-refractivity contribution is 7.89. The number of carbonyl (C=O) groups is 2. The molecule has 0 bridgehead atoms. The molecule has 0 spiro atoms. The molecule has 0 radical (unpaired) electrons. The molecular formula is C18H20FN3O4S. The molecule has 0 saturated heterocycles. The average Bonchev–Trinajstić information content (AvgIpc) is 2.65. The van der Waals surface area contributed by atoms with Crippen LogP contribution >= 0.6 is 0 Å². The number of hydrogen-bond donors (Lipinski definition) is 2. The van der Waals surface area contributed by atoms with Crippen LogP contribution in [0.15, 0.2) is 53.4 Å². The van der Waals surface area contributed by atoms with Crippen LogP contribution in [-0.2, 0) is 10.0 Å². The average molecular weight is 393 g/mol. The summed E-state index contributed by atoms with van der Waals surface area (Å²) >= 11 is 0. The van der Waals surface area contributed by atoms with Crippen molar-refractivity contribution in [1.29, 1.82) is 0 Å². The molecule has 2 rings (SSSR count). The molecule has 144 valence electrons. The van der Waals surface area contributed by atoms with Crippen LogP contribution in [0.3, 0.4) is 0 Å². The highest BCUT2D eigenvalue weighted by Crippen LogP contribution is 2.17. The first kappa shape index (κ1) is 20.5. The van der Waals surface area contributed by atoms with Gasteiger partial charge in [-0.25, -0.2) is 12.8 Å². The topological polar surface area (TPSA) is 95.6 Å². The lowest BCUT2D eigenvalue weighted by Gasteiger charge is -2.21. The van der Waals surface area contributed by atoms with Crippen LogP contribution in [0.1, 0.15) is 34.6 Å². The van der Waals surface area contributed by atoms with E-state index in [-0.39, 0.29) is 22.1 Å². The lowest BCUT2D eigenvalue weighted by atomic mass is 10.2. The Bertz CT molecular complexity index is 943. The molecule has 0 aliphatic carbocycles. The summed E-state index contributed by atoms with van der Waals surface area (Å²) < 4.78 is 39.5. The highest BCUT2D eigenvalue weighted by atomic mass is 32.2. The van der Waals surface area contributed by atoms with E-state index in [9.17, 15) is 22.4 Å². The first-order chi connectivity index (χ1) is 12.6. The molecule has 0 aliphatic heterocycles. The van der Waals surface area contributed by atoms with Crippen LogP contribution in [0.4, 0.5) is 4.39 Å². The van der Waals surface area contributed by atoms with Gasteiger partial charge in [-0.3, -0.25) is 20.4 Å². The number of nitrogens with zero attached hydrogens (tertiary/aromatic N) is 1. The second-order valence-electron chi connectivity index (χ2n) is 6.03. The van der Waals surface area contributed by atoms with Crippen LogP contribution < -0.4 is 10.9 Å². The molecule has 27 heavy (non-hydrogen) atoms. The fourth-order valence-corrected chi connectivity index (χ4v) is 3.49. The summed E-state index contributed by atoms with van der Waals surface area (Å²) in [7, 11) is -2.19. The molecule has 2 amide bonds. The highest BCUT2D eigenvalue weighted by Gasteiger charge is 2.23. The van der Waals surface area contributed by atoms with Crippen molar-refractivity contribution in [3.05, 3.63) is 65.5 Å². The third-order valence-corrected chi connectivity index (χ3v) is 5.98. The molecule has 0 saturated carbocycles. The molecule has 0 aromatic heterocycles. The Kier molecular flexibility index (Phi) is 6.29. The van der Waals surface area contributed by atoms with Gasteiger partial charge >= 0.3 is 0 Å². The van der Waals surface area contributed by atoms with E-state index in [1.165, 1.54) is 53.8 Å². The maximum Gasteiger partial charge on any atom is 0.272 e. The second kappa shape index (κ2) is 8.28. The zero-order chi connectivity index (χ0) is 20.2. The second-order valence-corrected chi connectivity index (χ2v) is 8.02. The smallest absolute Gasteiger partial charge is 0.267 e. The predicted octanol–water partition coefficient (Wildman–Crippen LogP) is 1.93. The molecule has 2 aromatic carbocycles. The fourth-order valence-electron chi connectivity index (χ4n) is 2.12. The van der Waals surface area contributed by atoms with E-state index in [0.29, 0.717) is 0 Å². The van der Waals surface area contributed by atoms with Crippen molar-refractivity contribution >= 4 is 21.8 Å². The summed E-state index contributed by atoms with van der Waals surface area (Å²) in [5, 5.41) is 0. The Morgan fingerprint density at radius 3 is 2.07 bits per heavy atom. The number of benzene rings is 2. The summed E-state index contributed by atoms with van der Waals surface area (Å²) in [6.07, 6.45) is 0. The molecule has 0 heterocycles. The van der Waals surface area contributed by atoms with E-state index >= 15 is 0 Å². The predicted molar refractivity (Wildman–Crippen MR) is 97.9 cm³/mol. The number of rotatable bonds is 5. The summed E-state index contributed by atoms with van der Waals surface area (Å²) in [6.45, 7) is 3.50. The Labute approximate surface area is 157 Å². The molecule has 2 aromatic rings. The van der Waals surface area contributed by atoms with Crippen molar-refractivity contribution in [2.24, 2.45) is 0 Å². The normalized spacial score (nSPS) is 11.5. The molecule has 0 aliphatic rings. The van der Waals surface area contributed by atoms with Crippen LogP contribution in [-0.4, -0.2) is 37.6 Å². The first-order valence-corrected chi connectivity index (χ1v) is 9.52. The van der Waals surface area contributed by atoms with Gasteiger partial charge in [0.2, 0.25) is 10.0 Å². The maximum atomic E-state index is 13.5. The van der Waals surface area contributed by atoms with Crippen LogP contribution in [0.25, 0.3) is 0 Å². The summed E-state index contributed by atoms with van der Waals surface area (Å²) in [6, 6.07) is 10.4. The Morgan fingerprint density at radius 2 is 1.52 bits per heavy atom. The van der Waals surface area contributed by atoms with Gasteiger partial charge in [0.1, 0.15) is 5.82 Å². The lowest BCUT2D eigenvalue weighted by Crippen LogP contribution is -2.42. The number of hydrogen-bond acceptors (Lipinski definition) is 4. The molecule has 2 N–H and O–H groups in total. The van der Waals surface area contributed by atoms with Gasteiger partial charge in [-0.15, -0.1) is 0 Å². The van der Waals surface area contributed by atoms with Gasteiger partial charge in [0.15, 0.2) is 0 Å². The number of halogens is 1. The van der Waals surface area contributed by atoms with Crippen LogP contribution in [0, 0.1) is 5.82 Å². The Hall–Kier alpha value is -2.78. The maximum absolute atomic E-state index is 13.5. The zero-order valence-corrected chi connectivity index (χ0v) is 15.9. The molecular weight excluding hydrogens is 373 g/mol. The largest absolute Gasteiger partial charge is 0.272 e. The van der Waals surface area contributed by atoms with Gasteiger partial charge < -0.3 is 0 Å². The summed E-state index contributed by atoms with van der Waals surface area (Å²) in [5.74, 6) is -2.19. The van der Waals surface area contributed by atoms with Gasteiger partial charge in [0, 0.05) is 18.7 Å². The first-order valence-electron chi connectivity index (χ1n) is 8.08. The Balaban J connectivity index is 2.06. The van der Waals surface area contributed by atoms with Crippen molar-refractivity contribution < 1.29 is 22.4 Å². The fraction of sp³-hybridized carbons (Fsp3) is 0.222. The number of carbonyl (C=O) groups excluding carboxylic acids is 2. The molecule has 7 nitrogen and oxygen atoms in total. The van der Waals surface area contributed by atoms with E-state index in [4.69, 9.17) is 0 Å². The van der Waals surface area contributed by atoms with Gasteiger partial charge in [-0.05, 0) is 50.2 Å².